The van der Waals surface area contributed by atoms with E-state index in [-0.39, 0.29) is 18.3 Å². The Hall–Kier alpha value is -2.73. The molecule has 3 aromatic rings. The molecule has 112 valence electrons. The third-order valence-electron chi connectivity index (χ3n) is 3.48. The molecule has 2 heterocycles. The van der Waals surface area contributed by atoms with Crippen molar-refractivity contribution in [3.8, 4) is 0 Å². The third kappa shape index (κ3) is 2.56. The topological polar surface area (TPSA) is 78.0 Å². The van der Waals surface area contributed by atoms with E-state index in [4.69, 9.17) is 0 Å². The lowest BCUT2D eigenvalue weighted by Crippen LogP contribution is -2.13. The summed E-state index contributed by atoms with van der Waals surface area (Å²) in [4.78, 5) is 19.1. The minimum atomic E-state index is -0.376. The van der Waals surface area contributed by atoms with Crippen molar-refractivity contribution in [1.82, 2.24) is 9.97 Å². The molecule has 3 rings (SSSR count). The number of benzene rings is 1. The fourth-order valence-corrected chi connectivity index (χ4v) is 2.36. The molecule has 22 heavy (non-hydrogen) atoms. The van der Waals surface area contributed by atoms with Crippen molar-refractivity contribution in [2.24, 2.45) is 0 Å². The van der Waals surface area contributed by atoms with Crippen LogP contribution < -0.4 is 5.32 Å². The molecule has 0 aliphatic heterocycles. The van der Waals surface area contributed by atoms with E-state index in [9.17, 15) is 14.3 Å². The van der Waals surface area contributed by atoms with Gasteiger partial charge in [-0.2, -0.15) is 0 Å². The van der Waals surface area contributed by atoms with E-state index in [0.29, 0.717) is 22.5 Å². The molecule has 0 unspecified atom stereocenters. The van der Waals surface area contributed by atoms with Gasteiger partial charge in [-0.15, -0.1) is 0 Å². The highest BCUT2D eigenvalue weighted by atomic mass is 19.1. The first kappa shape index (κ1) is 14.2. The number of carbonyl (C=O) groups is 1. The summed E-state index contributed by atoms with van der Waals surface area (Å²) in [6.07, 6.45) is 3.01. The van der Waals surface area contributed by atoms with Crippen LogP contribution in [0.25, 0.3) is 10.9 Å². The second-order valence-corrected chi connectivity index (χ2v) is 5.01. The number of nitrogens with one attached hydrogen (secondary N) is 2. The number of amides is 1. The molecule has 0 aliphatic carbocycles. The molecule has 0 bridgehead atoms. The average Bonchev–Trinajstić information content (AvgIpc) is 2.92. The molecule has 0 fully saturated rings. The maximum atomic E-state index is 13.4. The van der Waals surface area contributed by atoms with Gasteiger partial charge in [-0.05, 0) is 36.8 Å². The van der Waals surface area contributed by atoms with Crippen molar-refractivity contribution in [3.05, 3.63) is 59.3 Å². The number of hydrogen-bond donors (Lipinski definition) is 3. The number of hydrogen-bond acceptors (Lipinski definition) is 3. The van der Waals surface area contributed by atoms with Crippen LogP contribution in [0.15, 0.2) is 36.7 Å². The standard InChI is InChI=1S/C16H14FN3O2/c1-9-4-11(17)5-13-12(9)6-14(19-13)16(22)20-15-7-18-3-2-10(15)8-21/h2-7,19,21H,8H2,1H3,(H,20,22). The molecule has 0 saturated carbocycles. The number of aryl methyl sites for hydroxylation is 1. The monoisotopic (exact) mass is 299 g/mol. The summed E-state index contributed by atoms with van der Waals surface area (Å²) < 4.78 is 13.4. The summed E-state index contributed by atoms with van der Waals surface area (Å²) in [6, 6.07) is 6.07. The molecule has 5 nitrogen and oxygen atoms in total. The Morgan fingerprint density at radius 1 is 1.41 bits per heavy atom. The van der Waals surface area contributed by atoms with Crippen LogP contribution in [0.1, 0.15) is 21.6 Å². The fourth-order valence-electron chi connectivity index (χ4n) is 2.36. The fraction of sp³-hybridized carbons (Fsp3) is 0.125. The van der Waals surface area contributed by atoms with Gasteiger partial charge >= 0.3 is 0 Å². The van der Waals surface area contributed by atoms with Gasteiger partial charge in [0.2, 0.25) is 0 Å². The number of aromatic amines is 1. The van der Waals surface area contributed by atoms with Gasteiger partial charge in [0, 0.05) is 22.7 Å². The molecule has 6 heteroatoms. The van der Waals surface area contributed by atoms with E-state index in [1.807, 2.05) is 0 Å². The highest BCUT2D eigenvalue weighted by Gasteiger charge is 2.13. The number of aliphatic hydroxyl groups excluding tert-OH is 1. The zero-order valence-corrected chi connectivity index (χ0v) is 11.9. The lowest BCUT2D eigenvalue weighted by atomic mass is 10.1. The maximum Gasteiger partial charge on any atom is 0.272 e. The van der Waals surface area contributed by atoms with Crippen LogP contribution in [-0.4, -0.2) is 21.0 Å². The predicted molar refractivity (Wildman–Crippen MR) is 81.1 cm³/mol. The summed E-state index contributed by atoms with van der Waals surface area (Å²) in [5.41, 5.74) is 2.65. The van der Waals surface area contributed by atoms with Crippen molar-refractivity contribution in [1.29, 1.82) is 0 Å². The molecule has 1 amide bonds. The second-order valence-electron chi connectivity index (χ2n) is 5.01. The van der Waals surface area contributed by atoms with E-state index in [2.05, 4.69) is 15.3 Å². The Morgan fingerprint density at radius 2 is 2.23 bits per heavy atom. The van der Waals surface area contributed by atoms with E-state index in [1.54, 1.807) is 19.1 Å². The van der Waals surface area contributed by atoms with Crippen molar-refractivity contribution in [3.63, 3.8) is 0 Å². The second kappa shape index (κ2) is 5.57. The first-order chi connectivity index (χ1) is 10.6. The molecule has 0 spiro atoms. The summed E-state index contributed by atoms with van der Waals surface area (Å²) in [5.74, 6) is -0.729. The zero-order chi connectivity index (χ0) is 15.7. The van der Waals surface area contributed by atoms with Crippen molar-refractivity contribution < 1.29 is 14.3 Å². The van der Waals surface area contributed by atoms with E-state index < -0.39 is 0 Å². The number of aromatic nitrogens is 2. The third-order valence-corrected chi connectivity index (χ3v) is 3.48. The molecular weight excluding hydrogens is 285 g/mol. The van der Waals surface area contributed by atoms with Gasteiger partial charge in [0.05, 0.1) is 18.5 Å². The minimum Gasteiger partial charge on any atom is -0.392 e. The van der Waals surface area contributed by atoms with Crippen LogP contribution in [0.5, 0.6) is 0 Å². The SMILES string of the molecule is Cc1cc(F)cc2[nH]c(C(=O)Nc3cnccc3CO)cc12. The van der Waals surface area contributed by atoms with Crippen molar-refractivity contribution in [2.75, 3.05) is 5.32 Å². The first-order valence-corrected chi connectivity index (χ1v) is 6.72. The van der Waals surface area contributed by atoms with Crippen LogP contribution in [-0.2, 0) is 6.61 Å². The van der Waals surface area contributed by atoms with Crippen molar-refractivity contribution >= 4 is 22.5 Å². The van der Waals surface area contributed by atoms with Gasteiger partial charge in [0.1, 0.15) is 11.5 Å². The molecular formula is C16H14FN3O2. The summed E-state index contributed by atoms with van der Waals surface area (Å²) >= 11 is 0. The molecule has 0 atom stereocenters. The van der Waals surface area contributed by atoms with Crippen LogP contribution >= 0.6 is 0 Å². The van der Waals surface area contributed by atoms with Gasteiger partial charge in [0.25, 0.3) is 5.91 Å². The van der Waals surface area contributed by atoms with Gasteiger partial charge in [-0.3, -0.25) is 9.78 Å². The van der Waals surface area contributed by atoms with Crippen molar-refractivity contribution in [2.45, 2.75) is 13.5 Å². The Balaban J connectivity index is 1.94. The number of pyridine rings is 1. The number of aliphatic hydroxyl groups is 1. The molecule has 0 aliphatic rings. The molecule has 0 saturated heterocycles. The van der Waals surface area contributed by atoms with Crippen LogP contribution in [0.2, 0.25) is 0 Å². The number of fused-ring (bicyclic) bond motifs is 1. The first-order valence-electron chi connectivity index (χ1n) is 6.72. The number of carbonyl (C=O) groups excluding carboxylic acids is 1. The number of H-pyrrole nitrogens is 1. The van der Waals surface area contributed by atoms with E-state index >= 15 is 0 Å². The van der Waals surface area contributed by atoms with E-state index in [1.165, 1.54) is 24.5 Å². The largest absolute Gasteiger partial charge is 0.392 e. The quantitative estimate of drug-likeness (QED) is 0.696. The summed E-state index contributed by atoms with van der Waals surface area (Å²) in [7, 11) is 0. The average molecular weight is 299 g/mol. The summed E-state index contributed by atoms with van der Waals surface area (Å²) in [5, 5.41) is 12.7. The normalized spacial score (nSPS) is 10.9. The number of halogens is 1. The van der Waals surface area contributed by atoms with Crippen LogP contribution in [0, 0.1) is 12.7 Å². The highest BCUT2D eigenvalue weighted by molar-refractivity contribution is 6.06. The zero-order valence-electron chi connectivity index (χ0n) is 11.9. The number of anilines is 1. The number of nitrogens with zero attached hydrogens (tertiary/aromatic N) is 1. The smallest absolute Gasteiger partial charge is 0.272 e. The van der Waals surface area contributed by atoms with Gasteiger partial charge in [-0.1, -0.05) is 0 Å². The maximum absolute atomic E-state index is 13.4. The highest BCUT2D eigenvalue weighted by Crippen LogP contribution is 2.22. The summed E-state index contributed by atoms with van der Waals surface area (Å²) in [6.45, 7) is 1.58. The van der Waals surface area contributed by atoms with Gasteiger partial charge < -0.3 is 15.4 Å². The lowest BCUT2D eigenvalue weighted by Gasteiger charge is -2.07. The predicted octanol–water partition coefficient (Wildman–Crippen LogP) is 2.76. The molecule has 3 N–H and O–H groups in total. The Kier molecular flexibility index (Phi) is 3.60. The van der Waals surface area contributed by atoms with Crippen LogP contribution in [0.4, 0.5) is 10.1 Å². The van der Waals surface area contributed by atoms with Gasteiger partial charge in [-0.25, -0.2) is 4.39 Å². The Bertz CT molecular complexity index is 858. The number of rotatable bonds is 3. The lowest BCUT2D eigenvalue weighted by molar-refractivity contribution is 0.102. The minimum absolute atomic E-state index is 0.199. The van der Waals surface area contributed by atoms with Gasteiger partial charge in [0.15, 0.2) is 0 Å². The molecule has 1 aromatic carbocycles. The molecule has 0 radical (unpaired) electrons. The molecule has 2 aromatic heterocycles. The Morgan fingerprint density at radius 3 is 3.00 bits per heavy atom. The Labute approximate surface area is 125 Å². The van der Waals surface area contributed by atoms with E-state index in [0.717, 1.165) is 10.9 Å². The van der Waals surface area contributed by atoms with Crippen LogP contribution in [0.3, 0.4) is 0 Å².